The SMILES string of the molecule is O=S(=O)(c1ccc2c(c1)OC(c1ccc(Cl)cc1)(c1ccccc1Cl)O2)N1CCCCC1. The minimum Gasteiger partial charge on any atom is -0.440 e. The largest absolute Gasteiger partial charge is 0.440 e. The normalized spacial score (nSPS) is 20.9. The first-order valence-electron chi connectivity index (χ1n) is 10.4. The maximum atomic E-state index is 13.2. The highest BCUT2D eigenvalue weighted by Crippen LogP contribution is 2.50. The van der Waals surface area contributed by atoms with E-state index in [1.54, 1.807) is 30.3 Å². The first-order valence-corrected chi connectivity index (χ1v) is 12.6. The molecule has 0 N–H and O–H groups in total. The van der Waals surface area contributed by atoms with Gasteiger partial charge in [0.25, 0.3) is 0 Å². The Morgan fingerprint density at radius 1 is 0.812 bits per heavy atom. The Balaban J connectivity index is 1.58. The number of fused-ring (bicyclic) bond motifs is 1. The molecular weight excluding hydrogens is 469 g/mol. The van der Waals surface area contributed by atoms with Crippen LogP contribution in [0.25, 0.3) is 0 Å². The number of hydrogen-bond acceptors (Lipinski definition) is 4. The lowest BCUT2D eigenvalue weighted by Crippen LogP contribution is -2.37. The van der Waals surface area contributed by atoms with Gasteiger partial charge in [-0.1, -0.05) is 41.8 Å². The van der Waals surface area contributed by atoms with Crippen molar-refractivity contribution >= 4 is 33.2 Å². The molecule has 0 spiro atoms. The minimum atomic E-state index is -3.61. The third kappa shape index (κ3) is 3.65. The summed E-state index contributed by atoms with van der Waals surface area (Å²) in [4.78, 5) is 0.188. The summed E-state index contributed by atoms with van der Waals surface area (Å²) in [5.74, 6) is -0.575. The molecule has 166 valence electrons. The van der Waals surface area contributed by atoms with E-state index in [1.807, 2.05) is 30.3 Å². The second-order valence-electron chi connectivity index (χ2n) is 7.88. The first-order chi connectivity index (χ1) is 15.4. The van der Waals surface area contributed by atoms with Gasteiger partial charge >= 0.3 is 5.79 Å². The molecule has 2 heterocycles. The van der Waals surface area contributed by atoms with Crippen LogP contribution in [0.5, 0.6) is 11.5 Å². The van der Waals surface area contributed by atoms with E-state index in [2.05, 4.69) is 0 Å². The van der Waals surface area contributed by atoms with Gasteiger partial charge in [-0.2, -0.15) is 4.31 Å². The van der Waals surface area contributed by atoms with E-state index in [0.717, 1.165) is 19.3 Å². The van der Waals surface area contributed by atoms with Gasteiger partial charge in [-0.3, -0.25) is 0 Å². The molecule has 1 atom stereocenters. The second kappa shape index (κ2) is 8.27. The topological polar surface area (TPSA) is 55.8 Å². The molecular formula is C24H21Cl2NO4S. The Bertz CT molecular complexity index is 1260. The van der Waals surface area contributed by atoms with Crippen molar-refractivity contribution in [3.05, 3.63) is 87.9 Å². The van der Waals surface area contributed by atoms with Crippen LogP contribution in [-0.2, 0) is 15.8 Å². The molecule has 1 fully saturated rings. The van der Waals surface area contributed by atoms with Gasteiger partial charge in [0, 0.05) is 29.7 Å². The lowest BCUT2D eigenvalue weighted by atomic mass is 9.97. The van der Waals surface area contributed by atoms with Crippen LogP contribution < -0.4 is 9.47 Å². The van der Waals surface area contributed by atoms with Gasteiger partial charge < -0.3 is 9.47 Å². The minimum absolute atomic E-state index is 0.188. The smallest absolute Gasteiger partial charge is 0.307 e. The van der Waals surface area contributed by atoms with E-state index in [9.17, 15) is 8.42 Å². The fourth-order valence-corrected chi connectivity index (χ4v) is 6.10. The zero-order valence-electron chi connectivity index (χ0n) is 17.1. The Kier molecular flexibility index (Phi) is 5.58. The molecule has 2 aliphatic heterocycles. The van der Waals surface area contributed by atoms with Crippen LogP contribution in [-0.4, -0.2) is 25.8 Å². The Labute approximate surface area is 197 Å². The van der Waals surface area contributed by atoms with Gasteiger partial charge in [-0.15, -0.1) is 0 Å². The maximum absolute atomic E-state index is 13.2. The molecule has 5 nitrogen and oxygen atoms in total. The molecule has 8 heteroatoms. The molecule has 32 heavy (non-hydrogen) atoms. The number of halogens is 2. The third-order valence-corrected chi connectivity index (χ3v) is 8.30. The van der Waals surface area contributed by atoms with E-state index in [-0.39, 0.29) is 4.90 Å². The van der Waals surface area contributed by atoms with E-state index in [1.165, 1.54) is 10.4 Å². The highest BCUT2D eigenvalue weighted by atomic mass is 35.5. The summed E-state index contributed by atoms with van der Waals surface area (Å²) < 4.78 is 40.6. The van der Waals surface area contributed by atoms with Crippen LogP contribution in [0.2, 0.25) is 10.0 Å². The van der Waals surface area contributed by atoms with Crippen LogP contribution in [0, 0.1) is 0 Å². The van der Waals surface area contributed by atoms with Crippen LogP contribution in [0.1, 0.15) is 30.4 Å². The summed E-state index contributed by atoms with van der Waals surface area (Å²) >= 11 is 12.6. The van der Waals surface area contributed by atoms with Crippen LogP contribution in [0.3, 0.4) is 0 Å². The molecule has 3 aromatic rings. The van der Waals surface area contributed by atoms with Crippen molar-refractivity contribution in [1.29, 1.82) is 0 Å². The van der Waals surface area contributed by atoms with Crippen molar-refractivity contribution < 1.29 is 17.9 Å². The Morgan fingerprint density at radius 3 is 2.22 bits per heavy atom. The second-order valence-corrected chi connectivity index (χ2v) is 10.7. The molecule has 0 amide bonds. The summed E-state index contributed by atoms with van der Waals surface area (Å²) in [6.45, 7) is 1.07. The van der Waals surface area contributed by atoms with E-state index < -0.39 is 15.8 Å². The molecule has 1 unspecified atom stereocenters. The van der Waals surface area contributed by atoms with Crippen molar-refractivity contribution in [2.24, 2.45) is 0 Å². The van der Waals surface area contributed by atoms with Gasteiger partial charge in [0.15, 0.2) is 11.5 Å². The van der Waals surface area contributed by atoms with Crippen molar-refractivity contribution in [3.8, 4) is 11.5 Å². The highest BCUT2D eigenvalue weighted by molar-refractivity contribution is 7.89. The zero-order valence-corrected chi connectivity index (χ0v) is 19.5. The monoisotopic (exact) mass is 489 g/mol. The predicted octanol–water partition coefficient (Wildman–Crippen LogP) is 5.84. The van der Waals surface area contributed by atoms with Gasteiger partial charge in [0.1, 0.15) is 0 Å². The number of hydrogen-bond donors (Lipinski definition) is 0. The van der Waals surface area contributed by atoms with Crippen LogP contribution in [0.15, 0.2) is 71.6 Å². The molecule has 0 aliphatic carbocycles. The Morgan fingerprint density at radius 2 is 1.50 bits per heavy atom. The standard InChI is InChI=1S/C24H21Cl2NO4S/c25-18-10-8-17(9-11-18)24(20-6-2-3-7-21(20)26)30-22-13-12-19(16-23(22)31-24)32(28,29)27-14-4-1-5-15-27/h2-3,6-13,16H,1,4-5,14-15H2. The van der Waals surface area contributed by atoms with Gasteiger partial charge in [0.05, 0.1) is 15.5 Å². The molecule has 0 saturated carbocycles. The molecule has 0 radical (unpaired) electrons. The summed E-state index contributed by atoms with van der Waals surface area (Å²) in [6.07, 6.45) is 2.79. The molecule has 0 bridgehead atoms. The molecule has 2 aliphatic rings. The number of ether oxygens (including phenoxy) is 2. The summed E-state index contributed by atoms with van der Waals surface area (Å²) in [5, 5.41) is 1.05. The lowest BCUT2D eigenvalue weighted by molar-refractivity contribution is -0.0458. The van der Waals surface area contributed by atoms with Crippen molar-refractivity contribution in [2.45, 2.75) is 29.9 Å². The quantitative estimate of drug-likeness (QED) is 0.461. The van der Waals surface area contributed by atoms with E-state index in [0.29, 0.717) is 45.8 Å². The van der Waals surface area contributed by atoms with Crippen LogP contribution in [0.4, 0.5) is 0 Å². The number of sulfonamides is 1. The molecule has 0 aromatic heterocycles. The number of benzene rings is 3. The third-order valence-electron chi connectivity index (χ3n) is 5.83. The van der Waals surface area contributed by atoms with E-state index >= 15 is 0 Å². The molecule has 3 aromatic carbocycles. The predicted molar refractivity (Wildman–Crippen MR) is 124 cm³/mol. The molecule has 5 rings (SSSR count). The highest BCUT2D eigenvalue weighted by Gasteiger charge is 2.47. The van der Waals surface area contributed by atoms with E-state index in [4.69, 9.17) is 32.7 Å². The first kappa shape index (κ1) is 21.6. The number of piperidine rings is 1. The fraction of sp³-hybridized carbons (Fsp3) is 0.250. The average molecular weight is 490 g/mol. The van der Waals surface area contributed by atoms with Gasteiger partial charge in [-0.25, -0.2) is 8.42 Å². The van der Waals surface area contributed by atoms with Crippen molar-refractivity contribution in [3.63, 3.8) is 0 Å². The molecule has 1 saturated heterocycles. The van der Waals surface area contributed by atoms with Gasteiger partial charge in [0.2, 0.25) is 10.0 Å². The lowest BCUT2D eigenvalue weighted by Gasteiger charge is -2.29. The van der Waals surface area contributed by atoms with Crippen molar-refractivity contribution in [2.75, 3.05) is 13.1 Å². The number of nitrogens with zero attached hydrogens (tertiary/aromatic N) is 1. The summed E-state index contributed by atoms with van der Waals surface area (Å²) in [5.41, 5.74) is 1.30. The van der Waals surface area contributed by atoms with Gasteiger partial charge in [-0.05, 0) is 61.4 Å². The summed E-state index contributed by atoms with van der Waals surface area (Å²) in [7, 11) is -3.61. The maximum Gasteiger partial charge on any atom is 0.307 e. The van der Waals surface area contributed by atoms with Crippen LogP contribution >= 0.6 is 23.2 Å². The summed E-state index contributed by atoms with van der Waals surface area (Å²) in [6, 6.07) is 19.1. The Hall–Kier alpha value is -2.25. The number of rotatable bonds is 4. The average Bonchev–Trinajstić information content (AvgIpc) is 3.20. The van der Waals surface area contributed by atoms with Crippen molar-refractivity contribution in [1.82, 2.24) is 4.31 Å². The fourth-order valence-electron chi connectivity index (χ4n) is 4.18. The zero-order chi connectivity index (χ0) is 22.3.